The number of nitrogens with one attached hydrogen (secondary N) is 1. The summed E-state index contributed by atoms with van der Waals surface area (Å²) in [4.78, 5) is 11.5. The summed E-state index contributed by atoms with van der Waals surface area (Å²) in [6.07, 6.45) is 0.868. The van der Waals surface area contributed by atoms with E-state index >= 15 is 0 Å². The van der Waals surface area contributed by atoms with Crippen molar-refractivity contribution in [2.75, 3.05) is 5.32 Å². The number of hydrogen-bond donors (Lipinski definition) is 1. The molecule has 0 saturated heterocycles. The van der Waals surface area contributed by atoms with E-state index in [2.05, 4.69) is 31.2 Å². The molecule has 1 heterocycles. The summed E-state index contributed by atoms with van der Waals surface area (Å²) >= 11 is 5.70. The van der Waals surface area contributed by atoms with Gasteiger partial charge in [0.05, 0.1) is 5.69 Å². The van der Waals surface area contributed by atoms with Crippen molar-refractivity contribution in [1.82, 2.24) is 9.78 Å². The van der Waals surface area contributed by atoms with E-state index in [1.165, 1.54) is 0 Å². The molecule has 0 bridgehead atoms. The van der Waals surface area contributed by atoms with E-state index in [1.807, 2.05) is 6.07 Å². The number of aryl methyl sites for hydroxylation is 1. The number of aromatic nitrogens is 2. The number of hydrogen-bond acceptors (Lipinski definition) is 2. The standard InChI is InChI=1S/C12H20ClN3O/c1-8(13)11(17)14-10-6-9(15-16(10)5)7-12(2,3)4/h6,8H,7H2,1-5H3,(H,14,17). The minimum atomic E-state index is -0.545. The Morgan fingerprint density at radius 1 is 1.59 bits per heavy atom. The number of halogens is 1. The molecule has 5 heteroatoms. The molecule has 1 rings (SSSR count). The van der Waals surface area contributed by atoms with E-state index in [1.54, 1.807) is 18.7 Å². The van der Waals surface area contributed by atoms with Crippen molar-refractivity contribution in [1.29, 1.82) is 0 Å². The summed E-state index contributed by atoms with van der Waals surface area (Å²) < 4.78 is 1.66. The van der Waals surface area contributed by atoms with Crippen molar-refractivity contribution in [2.24, 2.45) is 12.5 Å². The fraction of sp³-hybridized carbons (Fsp3) is 0.667. The number of anilines is 1. The Hall–Kier alpha value is -1.03. The van der Waals surface area contributed by atoms with E-state index in [9.17, 15) is 4.79 Å². The summed E-state index contributed by atoms with van der Waals surface area (Å²) in [5.74, 6) is 0.471. The van der Waals surface area contributed by atoms with Crippen LogP contribution in [0.15, 0.2) is 6.07 Å². The van der Waals surface area contributed by atoms with Crippen molar-refractivity contribution in [2.45, 2.75) is 39.5 Å². The molecule has 1 aromatic rings. The maximum Gasteiger partial charge on any atom is 0.243 e. The van der Waals surface area contributed by atoms with Crippen molar-refractivity contribution in [3.63, 3.8) is 0 Å². The van der Waals surface area contributed by atoms with E-state index in [-0.39, 0.29) is 11.3 Å². The van der Waals surface area contributed by atoms with Crippen LogP contribution in [0.25, 0.3) is 0 Å². The Bertz CT molecular complexity index is 404. The number of nitrogens with zero attached hydrogens (tertiary/aromatic N) is 2. The van der Waals surface area contributed by atoms with Gasteiger partial charge in [0, 0.05) is 13.1 Å². The first-order chi connectivity index (χ1) is 7.69. The molecule has 1 N–H and O–H groups in total. The maximum atomic E-state index is 11.5. The van der Waals surface area contributed by atoms with Gasteiger partial charge >= 0.3 is 0 Å². The van der Waals surface area contributed by atoms with Crippen LogP contribution in [0.1, 0.15) is 33.4 Å². The summed E-state index contributed by atoms with van der Waals surface area (Å²) in [6.45, 7) is 8.10. The highest BCUT2D eigenvalue weighted by atomic mass is 35.5. The molecule has 96 valence electrons. The third-order valence-corrected chi connectivity index (χ3v) is 2.45. The van der Waals surface area contributed by atoms with Crippen LogP contribution >= 0.6 is 11.6 Å². The monoisotopic (exact) mass is 257 g/mol. The molecule has 4 nitrogen and oxygen atoms in total. The van der Waals surface area contributed by atoms with Gasteiger partial charge in [-0.25, -0.2) is 0 Å². The Labute approximate surface area is 107 Å². The number of carbonyl (C=O) groups excluding carboxylic acids is 1. The average Bonchev–Trinajstić information content (AvgIpc) is 2.43. The molecule has 0 radical (unpaired) electrons. The largest absolute Gasteiger partial charge is 0.310 e. The van der Waals surface area contributed by atoms with Crippen LogP contribution in [0.3, 0.4) is 0 Å². The third kappa shape index (κ3) is 4.38. The van der Waals surface area contributed by atoms with Crippen LogP contribution in [-0.2, 0) is 18.3 Å². The lowest BCUT2D eigenvalue weighted by Crippen LogP contribution is -2.21. The van der Waals surface area contributed by atoms with Crippen LogP contribution in [0.5, 0.6) is 0 Å². The lowest BCUT2D eigenvalue weighted by atomic mass is 9.91. The van der Waals surface area contributed by atoms with Gasteiger partial charge in [-0.2, -0.15) is 5.10 Å². The lowest BCUT2D eigenvalue weighted by molar-refractivity contribution is -0.115. The molecule has 0 aliphatic heterocycles. The predicted molar refractivity (Wildman–Crippen MR) is 70.3 cm³/mol. The Balaban J connectivity index is 2.79. The molecule has 17 heavy (non-hydrogen) atoms. The second-order valence-corrected chi connectivity index (χ2v) is 6.14. The highest BCUT2D eigenvalue weighted by Crippen LogP contribution is 2.21. The van der Waals surface area contributed by atoms with Crippen molar-refractivity contribution >= 4 is 23.3 Å². The first-order valence-corrected chi connectivity index (χ1v) is 6.10. The quantitative estimate of drug-likeness (QED) is 0.846. The minimum Gasteiger partial charge on any atom is -0.310 e. The van der Waals surface area contributed by atoms with Crippen LogP contribution in [0.2, 0.25) is 0 Å². The molecule has 0 aliphatic carbocycles. The smallest absolute Gasteiger partial charge is 0.243 e. The van der Waals surface area contributed by atoms with Gasteiger partial charge in [-0.1, -0.05) is 20.8 Å². The molecule has 1 unspecified atom stereocenters. The van der Waals surface area contributed by atoms with Crippen molar-refractivity contribution in [3.8, 4) is 0 Å². The second kappa shape index (κ2) is 5.08. The highest BCUT2D eigenvalue weighted by molar-refractivity contribution is 6.32. The van der Waals surface area contributed by atoms with Gasteiger partial charge in [0.25, 0.3) is 0 Å². The molecular weight excluding hydrogens is 238 g/mol. The van der Waals surface area contributed by atoms with Crippen molar-refractivity contribution in [3.05, 3.63) is 11.8 Å². The van der Waals surface area contributed by atoms with Crippen LogP contribution in [0.4, 0.5) is 5.82 Å². The number of rotatable bonds is 3. The third-order valence-electron chi connectivity index (χ3n) is 2.25. The summed E-state index contributed by atoms with van der Waals surface area (Å²) in [7, 11) is 1.81. The summed E-state index contributed by atoms with van der Waals surface area (Å²) in [6, 6.07) is 1.89. The van der Waals surface area contributed by atoms with Crippen molar-refractivity contribution < 1.29 is 4.79 Å². The molecule has 0 aliphatic rings. The Morgan fingerprint density at radius 2 is 2.18 bits per heavy atom. The fourth-order valence-electron chi connectivity index (χ4n) is 1.50. The Kier molecular flexibility index (Phi) is 4.20. The van der Waals surface area contributed by atoms with E-state index < -0.39 is 5.38 Å². The number of carbonyl (C=O) groups is 1. The Morgan fingerprint density at radius 3 is 2.65 bits per heavy atom. The SMILES string of the molecule is CC(Cl)C(=O)Nc1cc(CC(C)(C)C)nn1C. The van der Waals surface area contributed by atoms with Gasteiger partial charge in [0.1, 0.15) is 11.2 Å². The first kappa shape index (κ1) is 14.0. The van der Waals surface area contributed by atoms with Gasteiger partial charge < -0.3 is 5.32 Å². The highest BCUT2D eigenvalue weighted by Gasteiger charge is 2.16. The van der Waals surface area contributed by atoms with Gasteiger partial charge in [0.15, 0.2) is 0 Å². The van der Waals surface area contributed by atoms with E-state index in [0.717, 1.165) is 12.1 Å². The zero-order valence-electron chi connectivity index (χ0n) is 11.0. The zero-order valence-corrected chi connectivity index (χ0v) is 11.8. The van der Waals surface area contributed by atoms with E-state index in [4.69, 9.17) is 11.6 Å². The molecule has 0 aromatic carbocycles. The van der Waals surface area contributed by atoms with Crippen LogP contribution in [-0.4, -0.2) is 21.1 Å². The van der Waals surface area contributed by atoms with Gasteiger partial charge in [-0.3, -0.25) is 9.48 Å². The summed E-state index contributed by atoms with van der Waals surface area (Å²) in [5, 5.41) is 6.57. The number of alkyl halides is 1. The zero-order chi connectivity index (χ0) is 13.2. The molecular formula is C12H20ClN3O. The van der Waals surface area contributed by atoms with Gasteiger partial charge in [0.2, 0.25) is 5.91 Å². The van der Waals surface area contributed by atoms with Gasteiger partial charge in [-0.05, 0) is 18.8 Å². The maximum absolute atomic E-state index is 11.5. The fourth-order valence-corrected chi connectivity index (χ4v) is 1.55. The molecule has 0 spiro atoms. The molecule has 0 fully saturated rings. The van der Waals surface area contributed by atoms with E-state index in [0.29, 0.717) is 5.82 Å². The average molecular weight is 258 g/mol. The normalized spacial score (nSPS) is 13.5. The minimum absolute atomic E-state index is 0.176. The van der Waals surface area contributed by atoms with Crippen LogP contribution < -0.4 is 5.32 Å². The summed E-state index contributed by atoms with van der Waals surface area (Å²) in [5.41, 5.74) is 1.15. The topological polar surface area (TPSA) is 46.9 Å². The van der Waals surface area contributed by atoms with Crippen LogP contribution in [0, 0.1) is 5.41 Å². The first-order valence-electron chi connectivity index (χ1n) is 5.67. The number of amides is 1. The second-order valence-electron chi connectivity index (χ2n) is 5.49. The van der Waals surface area contributed by atoms with Gasteiger partial charge in [-0.15, -0.1) is 11.6 Å². The lowest BCUT2D eigenvalue weighted by Gasteiger charge is -2.15. The molecule has 0 saturated carbocycles. The predicted octanol–water partition coefficient (Wildman–Crippen LogP) is 2.57. The molecule has 1 aromatic heterocycles. The molecule has 1 amide bonds. The molecule has 1 atom stereocenters.